The molecule has 176 valence electrons. The number of nitrogens with zero attached hydrogens (tertiary/aromatic N) is 4. The summed E-state index contributed by atoms with van der Waals surface area (Å²) in [6.45, 7) is -0.883. The van der Waals surface area contributed by atoms with Gasteiger partial charge in [0.2, 0.25) is 0 Å². The zero-order valence-electron chi connectivity index (χ0n) is 16.7. The first-order chi connectivity index (χ1) is 15.5. The van der Waals surface area contributed by atoms with Crippen molar-refractivity contribution in [3.8, 4) is 0 Å². The molecule has 3 aromatic rings. The normalized spacial score (nSPS) is 23.1. The number of halogens is 1. The largest absolute Gasteiger partial charge is 0.398 e. The molecule has 4 rings (SSSR count). The van der Waals surface area contributed by atoms with E-state index in [4.69, 9.17) is 27.8 Å². The van der Waals surface area contributed by atoms with E-state index in [1.165, 1.54) is 35.4 Å². The lowest BCUT2D eigenvalue weighted by molar-refractivity contribution is -0.107. The molecule has 1 aliphatic heterocycles. The predicted molar refractivity (Wildman–Crippen MR) is 116 cm³/mol. The molecule has 0 radical (unpaired) electrons. The molecule has 1 fully saturated rings. The number of benzene rings is 1. The Bertz CT molecular complexity index is 1310. The maximum absolute atomic E-state index is 12.3. The highest BCUT2D eigenvalue weighted by Crippen LogP contribution is 2.32. The number of amides is 1. The molecule has 0 unspecified atom stereocenters. The van der Waals surface area contributed by atoms with Gasteiger partial charge in [0.05, 0.1) is 23.5 Å². The third-order valence-corrected chi connectivity index (χ3v) is 6.40. The van der Waals surface area contributed by atoms with Gasteiger partial charge in [-0.25, -0.2) is 19.7 Å². The molecule has 8 N–H and O–H groups in total. The highest BCUT2D eigenvalue weighted by atomic mass is 35.5. The van der Waals surface area contributed by atoms with Crippen LogP contribution in [0, 0.1) is 0 Å². The number of nitrogens with one attached hydrogen (secondary N) is 2. The quantitative estimate of drug-likeness (QED) is 0.210. The number of nitrogens with two attached hydrogens (primary N) is 2. The Morgan fingerprint density at radius 2 is 2.09 bits per heavy atom. The second kappa shape index (κ2) is 8.36. The van der Waals surface area contributed by atoms with Gasteiger partial charge in [0.15, 0.2) is 17.2 Å². The molecule has 3 atom stereocenters. The van der Waals surface area contributed by atoms with E-state index in [0.717, 1.165) is 0 Å². The van der Waals surface area contributed by atoms with Crippen LogP contribution in [-0.4, -0.2) is 69.4 Å². The molecule has 33 heavy (non-hydrogen) atoms. The SMILES string of the molecule is Nc1cccc(Cl)c1C(=O)NS(=O)(=O)NC[C@H]1OC[C@](O)(n2cnc3c(N)ncnc32)[C@@H]1O. The summed E-state index contributed by atoms with van der Waals surface area (Å²) >= 11 is 5.92. The highest BCUT2D eigenvalue weighted by Gasteiger charge is 2.50. The van der Waals surface area contributed by atoms with Gasteiger partial charge >= 0.3 is 10.2 Å². The molecular weight excluding hydrogens is 480 g/mol. The van der Waals surface area contributed by atoms with Crippen LogP contribution in [0.5, 0.6) is 0 Å². The van der Waals surface area contributed by atoms with E-state index in [-0.39, 0.29) is 33.3 Å². The summed E-state index contributed by atoms with van der Waals surface area (Å²) in [5, 5.41) is 21.7. The van der Waals surface area contributed by atoms with Gasteiger partial charge < -0.3 is 26.4 Å². The van der Waals surface area contributed by atoms with Crippen molar-refractivity contribution >= 4 is 50.4 Å². The van der Waals surface area contributed by atoms with Crippen molar-refractivity contribution in [2.75, 3.05) is 24.6 Å². The standard InChI is InChI=1S/C17H19ClN8O6S/c18-8-2-1-3-9(19)11(8)16(28)25-33(30,31)24-4-10-13(27)17(29,5-32-10)26-7-23-12-14(20)21-6-22-15(12)26/h1-3,6-7,10,13,24,27,29H,4-5,19H2,(H,25,28)(H2,20,21,22)/t10-,13-,17-/m1/s1. The summed E-state index contributed by atoms with van der Waals surface area (Å²) in [5.74, 6) is -0.966. The van der Waals surface area contributed by atoms with E-state index in [2.05, 4.69) is 19.7 Å². The Morgan fingerprint density at radius 3 is 2.82 bits per heavy atom. The van der Waals surface area contributed by atoms with E-state index in [9.17, 15) is 23.4 Å². The second-order valence-electron chi connectivity index (χ2n) is 7.21. The number of hydrogen-bond acceptors (Lipinski definition) is 11. The predicted octanol–water partition coefficient (Wildman–Crippen LogP) is -1.69. The molecule has 0 aliphatic carbocycles. The Labute approximate surface area is 191 Å². The van der Waals surface area contributed by atoms with E-state index in [0.29, 0.717) is 0 Å². The van der Waals surface area contributed by atoms with Gasteiger partial charge in [-0.05, 0) is 12.1 Å². The number of aliphatic hydroxyl groups excluding tert-OH is 1. The number of carbonyl (C=O) groups excluding carboxylic acids is 1. The van der Waals surface area contributed by atoms with Crippen LogP contribution in [-0.2, 0) is 20.7 Å². The maximum Gasteiger partial charge on any atom is 0.301 e. The molecule has 16 heteroatoms. The summed E-state index contributed by atoms with van der Waals surface area (Å²) in [4.78, 5) is 24.2. The summed E-state index contributed by atoms with van der Waals surface area (Å²) in [6, 6.07) is 4.28. The van der Waals surface area contributed by atoms with Crippen molar-refractivity contribution in [3.63, 3.8) is 0 Å². The number of rotatable bonds is 6. The number of anilines is 2. The monoisotopic (exact) mass is 498 g/mol. The zero-order valence-corrected chi connectivity index (χ0v) is 18.3. The fraction of sp³-hybridized carbons (Fsp3) is 0.294. The van der Waals surface area contributed by atoms with Crippen LogP contribution in [0.4, 0.5) is 11.5 Å². The third-order valence-electron chi connectivity index (χ3n) is 5.09. The van der Waals surface area contributed by atoms with Gasteiger partial charge in [0.25, 0.3) is 5.91 Å². The van der Waals surface area contributed by atoms with Crippen molar-refractivity contribution in [1.82, 2.24) is 29.0 Å². The smallest absolute Gasteiger partial charge is 0.301 e. The fourth-order valence-electron chi connectivity index (χ4n) is 3.40. The number of fused-ring (bicyclic) bond motifs is 1. The molecule has 0 bridgehead atoms. The molecule has 1 aromatic carbocycles. The van der Waals surface area contributed by atoms with Crippen LogP contribution < -0.4 is 20.9 Å². The van der Waals surface area contributed by atoms with Crippen molar-refractivity contribution in [3.05, 3.63) is 41.4 Å². The molecule has 2 aromatic heterocycles. The van der Waals surface area contributed by atoms with Crippen LogP contribution in [0.15, 0.2) is 30.9 Å². The number of nitrogen functional groups attached to an aromatic ring is 2. The summed E-state index contributed by atoms with van der Waals surface area (Å²) < 4.78 is 35.1. The molecule has 14 nitrogen and oxygen atoms in total. The molecule has 1 aliphatic rings. The number of ether oxygens (including phenoxy) is 1. The molecule has 3 heterocycles. The van der Waals surface area contributed by atoms with Gasteiger partial charge in [0, 0.05) is 12.2 Å². The minimum atomic E-state index is -4.40. The second-order valence-corrected chi connectivity index (χ2v) is 9.11. The number of aromatic nitrogens is 4. The van der Waals surface area contributed by atoms with E-state index in [1.807, 2.05) is 0 Å². The van der Waals surface area contributed by atoms with Crippen LogP contribution >= 0.6 is 11.6 Å². The topological polar surface area (TPSA) is 221 Å². The van der Waals surface area contributed by atoms with Crippen LogP contribution in [0.25, 0.3) is 11.2 Å². The van der Waals surface area contributed by atoms with Gasteiger partial charge in [-0.1, -0.05) is 17.7 Å². The summed E-state index contributed by atoms with van der Waals surface area (Å²) in [6.07, 6.45) is -0.391. The zero-order chi connectivity index (χ0) is 24.0. The fourth-order valence-corrected chi connectivity index (χ4v) is 4.47. The Hall–Kier alpha value is -3.08. The number of hydrogen-bond donors (Lipinski definition) is 6. The van der Waals surface area contributed by atoms with Crippen molar-refractivity contribution in [2.24, 2.45) is 0 Å². The third kappa shape index (κ3) is 4.17. The van der Waals surface area contributed by atoms with Crippen LogP contribution in [0.3, 0.4) is 0 Å². The Kier molecular flexibility index (Phi) is 5.85. The first kappa shape index (κ1) is 23.1. The van der Waals surface area contributed by atoms with E-state index >= 15 is 0 Å². The van der Waals surface area contributed by atoms with Gasteiger partial charge in [-0.15, -0.1) is 0 Å². The van der Waals surface area contributed by atoms with Gasteiger partial charge in [-0.2, -0.15) is 13.1 Å². The van der Waals surface area contributed by atoms with Crippen LogP contribution in [0.2, 0.25) is 5.02 Å². The molecular formula is C17H19ClN8O6S. The van der Waals surface area contributed by atoms with Crippen molar-refractivity contribution in [1.29, 1.82) is 0 Å². The van der Waals surface area contributed by atoms with Crippen molar-refractivity contribution in [2.45, 2.75) is 17.9 Å². The minimum absolute atomic E-state index is 0.00758. The molecule has 1 amide bonds. The number of imidazole rings is 1. The summed E-state index contributed by atoms with van der Waals surface area (Å²) in [5.41, 5.74) is 9.57. The minimum Gasteiger partial charge on any atom is -0.398 e. The average Bonchev–Trinajstić information content (AvgIpc) is 3.30. The Morgan fingerprint density at radius 1 is 1.33 bits per heavy atom. The van der Waals surface area contributed by atoms with Crippen LogP contribution in [0.1, 0.15) is 10.4 Å². The van der Waals surface area contributed by atoms with Gasteiger partial charge in [0.1, 0.15) is 24.1 Å². The highest BCUT2D eigenvalue weighted by molar-refractivity contribution is 7.88. The average molecular weight is 499 g/mol. The first-order valence-corrected chi connectivity index (χ1v) is 11.2. The summed E-state index contributed by atoms with van der Waals surface area (Å²) in [7, 11) is -4.40. The molecule has 1 saturated heterocycles. The first-order valence-electron chi connectivity index (χ1n) is 9.35. The molecule has 0 spiro atoms. The van der Waals surface area contributed by atoms with E-state index in [1.54, 1.807) is 4.72 Å². The van der Waals surface area contributed by atoms with E-state index < -0.39 is 47.2 Å². The lowest BCUT2D eigenvalue weighted by atomic mass is 10.1. The lowest BCUT2D eigenvalue weighted by Crippen LogP contribution is -2.50. The lowest BCUT2D eigenvalue weighted by Gasteiger charge is -2.27. The Balaban J connectivity index is 1.46. The van der Waals surface area contributed by atoms with Crippen molar-refractivity contribution < 1.29 is 28.2 Å². The molecule has 0 saturated carbocycles. The number of aliphatic hydroxyl groups is 2. The maximum atomic E-state index is 12.3. The number of carbonyl (C=O) groups is 1. The van der Waals surface area contributed by atoms with Gasteiger partial charge in [-0.3, -0.25) is 9.36 Å².